The average molecular weight is 369 g/mol. The van der Waals surface area contributed by atoms with E-state index >= 15 is 0 Å². The van der Waals surface area contributed by atoms with Crippen molar-refractivity contribution >= 4 is 11.6 Å². The average Bonchev–Trinajstić information content (AvgIpc) is 2.57. The van der Waals surface area contributed by atoms with E-state index in [4.69, 9.17) is 0 Å². The number of rotatable bonds is 1. The highest BCUT2D eigenvalue weighted by atomic mass is 19.3. The molecule has 0 radical (unpaired) electrons. The maximum Gasteiger partial charge on any atom is 0.485 e. The minimum absolute atomic E-state index is 0.431. The molecule has 0 saturated carbocycles. The topological polar surface area (TPSA) is 29.5 Å². The van der Waals surface area contributed by atoms with Crippen LogP contribution in [0.25, 0.3) is 11.1 Å². The van der Waals surface area contributed by atoms with Gasteiger partial charge in [-0.15, -0.1) is 5.12 Å². The van der Waals surface area contributed by atoms with E-state index in [0.29, 0.717) is 18.2 Å². The standard InChI is InChI=1S/C14H3F8NO2/c15-8-7(9(16)11(18)12(19)10(8)17)4-1-2-6-5(3-4)23(22)13(24)14(20,21)25-6/h1-3H. The van der Waals surface area contributed by atoms with Crippen molar-refractivity contribution in [2.75, 3.05) is 5.12 Å². The summed E-state index contributed by atoms with van der Waals surface area (Å²) in [5.41, 5.74) is -3.16. The van der Waals surface area contributed by atoms with Gasteiger partial charge in [-0.25, -0.2) is 22.0 Å². The van der Waals surface area contributed by atoms with Gasteiger partial charge in [0, 0.05) is 0 Å². The Balaban J connectivity index is 2.22. The number of halogens is 8. The number of benzene rings is 2. The number of alkyl halides is 2. The quantitative estimate of drug-likeness (QED) is 0.326. The van der Waals surface area contributed by atoms with Crippen LogP contribution in [0.2, 0.25) is 0 Å². The molecule has 1 aliphatic rings. The van der Waals surface area contributed by atoms with Gasteiger partial charge in [0.05, 0.1) is 5.56 Å². The largest absolute Gasteiger partial charge is 0.485 e. The molecule has 0 atom stereocenters. The highest BCUT2D eigenvalue weighted by Gasteiger charge is 2.51. The normalized spacial score (nSPS) is 15.8. The number of hydrogen-bond acceptors (Lipinski definition) is 2. The molecule has 1 heterocycles. The van der Waals surface area contributed by atoms with Crippen LogP contribution >= 0.6 is 0 Å². The molecule has 132 valence electrons. The molecule has 11 heteroatoms. The smallest absolute Gasteiger partial charge is 0.423 e. The summed E-state index contributed by atoms with van der Waals surface area (Å²) in [5.74, 6) is -14.6. The Morgan fingerprint density at radius 2 is 1.40 bits per heavy atom. The van der Waals surface area contributed by atoms with Crippen LogP contribution in [0, 0.1) is 29.1 Å². The van der Waals surface area contributed by atoms with E-state index in [1.54, 1.807) is 0 Å². The maximum atomic E-state index is 13.8. The summed E-state index contributed by atoms with van der Waals surface area (Å²) in [6, 6.07) is 1.69. The van der Waals surface area contributed by atoms with Gasteiger partial charge in [-0.3, -0.25) is 4.79 Å². The summed E-state index contributed by atoms with van der Waals surface area (Å²) in [6.45, 7) is 0. The Morgan fingerprint density at radius 1 is 0.880 bits per heavy atom. The van der Waals surface area contributed by atoms with Gasteiger partial charge in [0.2, 0.25) is 5.82 Å². The number of carbonyl (C=O) groups excluding carboxylic acids is 1. The van der Waals surface area contributed by atoms with E-state index in [1.165, 1.54) is 0 Å². The first kappa shape index (κ1) is 17.0. The molecule has 3 rings (SSSR count). The zero-order valence-electron chi connectivity index (χ0n) is 11.5. The lowest BCUT2D eigenvalue weighted by atomic mass is 10.0. The van der Waals surface area contributed by atoms with Gasteiger partial charge >= 0.3 is 12.0 Å². The van der Waals surface area contributed by atoms with Crippen LogP contribution in [-0.4, -0.2) is 12.0 Å². The highest BCUT2D eigenvalue weighted by molar-refractivity contribution is 5.99. The number of amides is 1. The second-order valence-corrected chi connectivity index (χ2v) is 4.83. The first-order chi connectivity index (χ1) is 11.6. The van der Waals surface area contributed by atoms with Crippen molar-refractivity contribution in [2.45, 2.75) is 6.11 Å². The Labute approximate surface area is 133 Å². The monoisotopic (exact) mass is 369 g/mol. The van der Waals surface area contributed by atoms with Crippen LogP contribution in [0.5, 0.6) is 5.75 Å². The van der Waals surface area contributed by atoms with Crippen LogP contribution in [0.4, 0.5) is 40.9 Å². The van der Waals surface area contributed by atoms with E-state index in [1.807, 2.05) is 0 Å². The Kier molecular flexibility index (Phi) is 3.62. The number of fused-ring (bicyclic) bond motifs is 1. The third kappa shape index (κ3) is 2.37. The molecule has 25 heavy (non-hydrogen) atoms. The number of hydrogen-bond donors (Lipinski definition) is 0. The number of nitrogens with zero attached hydrogens (tertiary/aromatic N) is 1. The summed E-state index contributed by atoms with van der Waals surface area (Å²) in [7, 11) is 0. The third-order valence-electron chi connectivity index (χ3n) is 3.33. The first-order valence-electron chi connectivity index (χ1n) is 6.29. The van der Waals surface area contributed by atoms with Crippen LogP contribution in [0.3, 0.4) is 0 Å². The molecular formula is C14H3F8NO2. The first-order valence-corrected chi connectivity index (χ1v) is 6.29. The zero-order valence-corrected chi connectivity index (χ0v) is 11.5. The van der Waals surface area contributed by atoms with Crippen molar-refractivity contribution in [3.63, 3.8) is 0 Å². The van der Waals surface area contributed by atoms with Crippen LogP contribution in [0.15, 0.2) is 18.2 Å². The SMILES string of the molecule is O=C1N(F)c2cc(-c3c(F)c(F)c(F)c(F)c3F)ccc2OC1(F)F. The molecule has 0 aromatic heterocycles. The molecule has 1 amide bonds. The van der Waals surface area contributed by atoms with Crippen molar-refractivity contribution in [2.24, 2.45) is 0 Å². The molecule has 2 aromatic carbocycles. The molecule has 1 aliphatic heterocycles. The summed E-state index contributed by atoms with van der Waals surface area (Å²) < 4.78 is 111. The highest BCUT2D eigenvalue weighted by Crippen LogP contribution is 2.43. The maximum absolute atomic E-state index is 13.8. The lowest BCUT2D eigenvalue weighted by Crippen LogP contribution is -2.47. The number of ether oxygens (including phenoxy) is 1. The van der Waals surface area contributed by atoms with Gasteiger partial charge in [0.25, 0.3) is 0 Å². The van der Waals surface area contributed by atoms with Crippen LogP contribution in [-0.2, 0) is 4.79 Å². The molecule has 2 aromatic rings. The second-order valence-electron chi connectivity index (χ2n) is 4.83. The van der Waals surface area contributed by atoms with Crippen molar-refractivity contribution in [1.29, 1.82) is 0 Å². The fourth-order valence-corrected chi connectivity index (χ4v) is 2.18. The van der Waals surface area contributed by atoms with Gasteiger partial charge in [-0.05, 0) is 17.7 Å². The van der Waals surface area contributed by atoms with E-state index < -0.39 is 68.8 Å². The molecule has 0 unspecified atom stereocenters. The van der Waals surface area contributed by atoms with Crippen molar-refractivity contribution < 1.29 is 44.7 Å². The van der Waals surface area contributed by atoms with Crippen molar-refractivity contribution in [1.82, 2.24) is 0 Å². The molecule has 0 fully saturated rings. The minimum atomic E-state index is -4.52. The predicted octanol–water partition coefficient (Wildman–Crippen LogP) is 4.25. The predicted molar refractivity (Wildman–Crippen MR) is 65.8 cm³/mol. The third-order valence-corrected chi connectivity index (χ3v) is 3.33. The molecule has 3 nitrogen and oxygen atoms in total. The lowest BCUT2D eigenvalue weighted by molar-refractivity contribution is -0.196. The van der Waals surface area contributed by atoms with Crippen molar-refractivity contribution in [3.05, 3.63) is 47.3 Å². The summed E-state index contributed by atoms with van der Waals surface area (Å²) in [5, 5.41) is -1.05. The minimum Gasteiger partial charge on any atom is -0.423 e. The van der Waals surface area contributed by atoms with Crippen LogP contribution < -0.4 is 9.86 Å². The van der Waals surface area contributed by atoms with E-state index in [9.17, 15) is 40.0 Å². The fraction of sp³-hybridized carbons (Fsp3) is 0.0714. The van der Waals surface area contributed by atoms with E-state index in [0.717, 1.165) is 0 Å². The molecular weight excluding hydrogens is 366 g/mol. The fourth-order valence-electron chi connectivity index (χ4n) is 2.18. The van der Waals surface area contributed by atoms with Gasteiger partial charge < -0.3 is 4.74 Å². The molecule has 0 saturated heterocycles. The van der Waals surface area contributed by atoms with Crippen molar-refractivity contribution in [3.8, 4) is 16.9 Å². The van der Waals surface area contributed by atoms with E-state index in [-0.39, 0.29) is 0 Å². The summed E-state index contributed by atoms with van der Waals surface area (Å²) in [4.78, 5) is 11.1. The molecule has 0 N–H and O–H groups in total. The molecule has 0 bridgehead atoms. The Bertz CT molecular complexity index is 885. The molecule has 0 spiro atoms. The Morgan fingerprint density at radius 3 is 1.96 bits per heavy atom. The summed E-state index contributed by atoms with van der Waals surface area (Å²) >= 11 is 0. The van der Waals surface area contributed by atoms with Gasteiger partial charge in [0.1, 0.15) is 5.69 Å². The van der Waals surface area contributed by atoms with Gasteiger partial charge in [0.15, 0.2) is 29.0 Å². The number of anilines is 1. The van der Waals surface area contributed by atoms with E-state index in [2.05, 4.69) is 4.74 Å². The number of carbonyl (C=O) groups is 1. The zero-order chi connectivity index (χ0) is 18.7. The lowest BCUT2D eigenvalue weighted by Gasteiger charge is -2.27. The summed E-state index contributed by atoms with van der Waals surface area (Å²) in [6.07, 6.45) is -4.52. The Hall–Kier alpha value is -2.85. The van der Waals surface area contributed by atoms with Gasteiger partial charge in [-0.1, -0.05) is 10.5 Å². The van der Waals surface area contributed by atoms with Crippen LogP contribution in [0.1, 0.15) is 0 Å². The molecule has 0 aliphatic carbocycles. The second kappa shape index (κ2) is 5.33. The van der Waals surface area contributed by atoms with Gasteiger partial charge in [-0.2, -0.15) is 8.78 Å².